The van der Waals surface area contributed by atoms with Crippen molar-refractivity contribution in [3.8, 4) is 17.0 Å². The Labute approximate surface area is 189 Å². The monoisotopic (exact) mass is 446 g/mol. The van der Waals surface area contributed by atoms with Crippen molar-refractivity contribution in [3.63, 3.8) is 0 Å². The smallest absolute Gasteiger partial charge is 0.251 e. The van der Waals surface area contributed by atoms with Crippen LogP contribution in [0.4, 0.5) is 20.3 Å². The molecule has 1 heterocycles. The summed E-state index contributed by atoms with van der Waals surface area (Å²) < 4.78 is 31.9. The van der Waals surface area contributed by atoms with Gasteiger partial charge >= 0.3 is 0 Å². The zero-order valence-corrected chi connectivity index (χ0v) is 17.7. The van der Waals surface area contributed by atoms with Crippen LogP contribution in [0.3, 0.4) is 0 Å². The lowest BCUT2D eigenvalue weighted by Gasteiger charge is -2.11. The van der Waals surface area contributed by atoms with Gasteiger partial charge in [0.2, 0.25) is 0 Å². The molecule has 0 unspecified atom stereocenters. The van der Waals surface area contributed by atoms with Gasteiger partial charge in [-0.3, -0.25) is 4.79 Å². The van der Waals surface area contributed by atoms with E-state index in [0.29, 0.717) is 39.6 Å². The van der Waals surface area contributed by atoms with E-state index in [-0.39, 0.29) is 18.3 Å². The van der Waals surface area contributed by atoms with Crippen LogP contribution in [0.1, 0.15) is 15.9 Å². The fourth-order valence-electron chi connectivity index (χ4n) is 3.23. The molecule has 0 saturated carbocycles. The van der Waals surface area contributed by atoms with Crippen molar-refractivity contribution in [2.45, 2.75) is 6.54 Å². The van der Waals surface area contributed by atoms with E-state index in [1.165, 1.54) is 31.4 Å². The van der Waals surface area contributed by atoms with Crippen LogP contribution < -0.4 is 15.4 Å². The van der Waals surface area contributed by atoms with E-state index in [9.17, 15) is 13.6 Å². The van der Waals surface area contributed by atoms with E-state index in [2.05, 4.69) is 20.8 Å². The first kappa shape index (κ1) is 21.9. The Balaban J connectivity index is 1.42. The number of aromatic nitrogens is 2. The third-order valence-corrected chi connectivity index (χ3v) is 4.87. The SMILES string of the molecule is COc1cc(F)ccc1CNC(=O)c1cccc(Nc2ccc(-c3cccc(F)c3)nn2)c1. The van der Waals surface area contributed by atoms with Gasteiger partial charge in [0, 0.05) is 35.0 Å². The summed E-state index contributed by atoms with van der Waals surface area (Å²) in [6, 6.07) is 20.6. The predicted octanol–water partition coefficient (Wildman–Crippen LogP) is 5.10. The van der Waals surface area contributed by atoms with Crippen LogP contribution in [0.25, 0.3) is 11.3 Å². The van der Waals surface area contributed by atoms with Gasteiger partial charge < -0.3 is 15.4 Å². The van der Waals surface area contributed by atoms with Crippen LogP contribution in [-0.2, 0) is 6.54 Å². The number of nitrogens with one attached hydrogen (secondary N) is 2. The number of ether oxygens (including phenoxy) is 1. The molecule has 1 aromatic heterocycles. The number of nitrogens with zero attached hydrogens (tertiary/aromatic N) is 2. The topological polar surface area (TPSA) is 76.1 Å². The summed E-state index contributed by atoms with van der Waals surface area (Å²) >= 11 is 0. The van der Waals surface area contributed by atoms with Crippen LogP contribution >= 0.6 is 0 Å². The van der Waals surface area contributed by atoms with E-state index < -0.39 is 5.82 Å². The van der Waals surface area contributed by atoms with Gasteiger partial charge in [-0.1, -0.05) is 24.3 Å². The molecule has 33 heavy (non-hydrogen) atoms. The Morgan fingerprint density at radius 1 is 0.909 bits per heavy atom. The lowest BCUT2D eigenvalue weighted by atomic mass is 10.1. The molecule has 0 fully saturated rings. The molecule has 2 N–H and O–H groups in total. The van der Waals surface area contributed by atoms with Crippen molar-refractivity contribution in [1.82, 2.24) is 15.5 Å². The molecule has 8 heteroatoms. The molecule has 0 radical (unpaired) electrons. The number of hydrogen-bond donors (Lipinski definition) is 2. The molecule has 0 spiro atoms. The molecule has 0 bridgehead atoms. The second-order valence-corrected chi connectivity index (χ2v) is 7.16. The fraction of sp³-hybridized carbons (Fsp3) is 0.0800. The van der Waals surface area contributed by atoms with Gasteiger partial charge in [-0.15, -0.1) is 10.2 Å². The number of amides is 1. The van der Waals surface area contributed by atoms with Crippen LogP contribution in [0.2, 0.25) is 0 Å². The lowest BCUT2D eigenvalue weighted by molar-refractivity contribution is 0.0950. The quantitative estimate of drug-likeness (QED) is 0.413. The second kappa shape index (κ2) is 9.86. The molecule has 0 aliphatic heterocycles. The number of carbonyl (C=O) groups is 1. The normalized spacial score (nSPS) is 10.5. The number of hydrogen-bond acceptors (Lipinski definition) is 5. The highest BCUT2D eigenvalue weighted by molar-refractivity contribution is 5.95. The summed E-state index contributed by atoms with van der Waals surface area (Å²) in [7, 11) is 1.45. The van der Waals surface area contributed by atoms with E-state index in [1.807, 2.05) is 0 Å². The Morgan fingerprint density at radius 2 is 1.73 bits per heavy atom. The standard InChI is InChI=1S/C25H20F2N4O2/c1-33-23-14-20(27)9-8-18(23)15-28-25(32)17-5-3-7-21(13-17)29-24-11-10-22(30-31-24)16-4-2-6-19(26)12-16/h2-14H,15H2,1H3,(H,28,32)(H,29,31). The van der Waals surface area contributed by atoms with Gasteiger partial charge in [-0.2, -0.15) is 0 Å². The molecule has 166 valence electrons. The Bertz CT molecular complexity index is 1280. The van der Waals surface area contributed by atoms with Gasteiger partial charge in [0.05, 0.1) is 12.8 Å². The van der Waals surface area contributed by atoms with Gasteiger partial charge in [0.1, 0.15) is 17.4 Å². The Morgan fingerprint density at radius 3 is 2.48 bits per heavy atom. The first-order valence-electron chi connectivity index (χ1n) is 10.1. The summed E-state index contributed by atoms with van der Waals surface area (Å²) in [5.74, 6) is -0.204. The third-order valence-electron chi connectivity index (χ3n) is 4.87. The highest BCUT2D eigenvalue weighted by atomic mass is 19.1. The minimum Gasteiger partial charge on any atom is -0.496 e. The van der Waals surface area contributed by atoms with E-state index >= 15 is 0 Å². The summed E-state index contributed by atoms with van der Waals surface area (Å²) in [5, 5.41) is 14.2. The van der Waals surface area contributed by atoms with Crippen molar-refractivity contribution >= 4 is 17.4 Å². The average molecular weight is 446 g/mol. The van der Waals surface area contributed by atoms with Crippen LogP contribution in [0.5, 0.6) is 5.75 Å². The summed E-state index contributed by atoms with van der Waals surface area (Å²) in [4.78, 5) is 12.6. The molecule has 1 amide bonds. The maximum atomic E-state index is 13.4. The van der Waals surface area contributed by atoms with E-state index in [1.54, 1.807) is 54.6 Å². The maximum Gasteiger partial charge on any atom is 0.251 e. The molecular formula is C25H20F2N4O2. The minimum absolute atomic E-state index is 0.187. The second-order valence-electron chi connectivity index (χ2n) is 7.16. The molecule has 3 aromatic carbocycles. The minimum atomic E-state index is -0.409. The number of rotatable bonds is 7. The van der Waals surface area contributed by atoms with Crippen molar-refractivity contribution in [1.29, 1.82) is 0 Å². The number of carbonyl (C=O) groups excluding carboxylic acids is 1. The molecule has 0 saturated heterocycles. The number of methoxy groups -OCH3 is 1. The first-order valence-corrected chi connectivity index (χ1v) is 10.1. The molecule has 6 nitrogen and oxygen atoms in total. The van der Waals surface area contributed by atoms with Crippen molar-refractivity contribution in [2.24, 2.45) is 0 Å². The summed E-state index contributed by atoms with van der Waals surface area (Å²) in [6.07, 6.45) is 0. The average Bonchev–Trinajstić information content (AvgIpc) is 2.83. The van der Waals surface area contributed by atoms with Crippen LogP contribution in [0, 0.1) is 11.6 Å². The molecule has 4 aromatic rings. The van der Waals surface area contributed by atoms with Gasteiger partial charge in [0.15, 0.2) is 5.82 Å². The fourth-order valence-corrected chi connectivity index (χ4v) is 3.23. The highest BCUT2D eigenvalue weighted by Crippen LogP contribution is 2.21. The highest BCUT2D eigenvalue weighted by Gasteiger charge is 2.10. The van der Waals surface area contributed by atoms with Crippen molar-refractivity contribution < 1.29 is 18.3 Å². The molecule has 0 aliphatic rings. The van der Waals surface area contributed by atoms with Gasteiger partial charge in [-0.05, 0) is 48.5 Å². The Hall–Kier alpha value is -4.33. The molecule has 4 rings (SSSR count). The first-order chi connectivity index (χ1) is 16.0. The van der Waals surface area contributed by atoms with E-state index in [0.717, 1.165) is 0 Å². The van der Waals surface area contributed by atoms with Crippen molar-refractivity contribution in [2.75, 3.05) is 12.4 Å². The van der Waals surface area contributed by atoms with E-state index in [4.69, 9.17) is 4.74 Å². The zero-order valence-electron chi connectivity index (χ0n) is 17.7. The van der Waals surface area contributed by atoms with Crippen LogP contribution in [-0.4, -0.2) is 23.2 Å². The maximum absolute atomic E-state index is 13.4. The zero-order chi connectivity index (χ0) is 23.2. The number of anilines is 2. The number of halogens is 2. The largest absolute Gasteiger partial charge is 0.496 e. The van der Waals surface area contributed by atoms with Crippen molar-refractivity contribution in [3.05, 3.63) is 102 Å². The predicted molar refractivity (Wildman–Crippen MR) is 121 cm³/mol. The molecule has 0 aliphatic carbocycles. The molecule has 0 atom stereocenters. The summed E-state index contributed by atoms with van der Waals surface area (Å²) in [5.41, 5.74) is 2.92. The van der Waals surface area contributed by atoms with Gasteiger partial charge in [-0.25, -0.2) is 8.78 Å². The van der Waals surface area contributed by atoms with Gasteiger partial charge in [0.25, 0.3) is 5.91 Å². The Kier molecular flexibility index (Phi) is 6.54. The van der Waals surface area contributed by atoms with Crippen LogP contribution in [0.15, 0.2) is 78.9 Å². The third kappa shape index (κ3) is 5.48. The summed E-state index contributed by atoms with van der Waals surface area (Å²) in [6.45, 7) is 0.187. The lowest BCUT2D eigenvalue weighted by Crippen LogP contribution is -2.23. The molecular weight excluding hydrogens is 426 g/mol. The number of benzene rings is 3.